The number of benzene rings is 1. The monoisotopic (exact) mass is 278 g/mol. The Morgan fingerprint density at radius 3 is 2.61 bits per heavy atom. The van der Waals surface area contributed by atoms with Gasteiger partial charge in [-0.15, -0.1) is 0 Å². The van der Waals surface area contributed by atoms with E-state index in [4.69, 9.17) is 4.74 Å². The Balaban J connectivity index is 2.59. The van der Waals surface area contributed by atoms with E-state index in [9.17, 15) is 18.0 Å². The summed E-state index contributed by atoms with van der Waals surface area (Å²) in [5.41, 5.74) is -2.95. The number of aryl methyl sites for hydroxylation is 1. The first kappa shape index (κ1) is 14.9. The van der Waals surface area contributed by atoms with Gasteiger partial charge in [0.15, 0.2) is 5.78 Å². The van der Waals surface area contributed by atoms with E-state index in [0.29, 0.717) is 11.3 Å². The Morgan fingerprint density at radius 2 is 2.06 bits per heavy atom. The topological polar surface area (TPSA) is 26.3 Å². The molecule has 1 aromatic carbocycles. The summed E-state index contributed by atoms with van der Waals surface area (Å²) in [6.07, 6.45) is 0. The highest BCUT2D eigenvalue weighted by Gasteiger charge is 2.27. The molecule has 0 aromatic heterocycles. The smallest absolute Gasteiger partial charge is 0.441 e. The van der Waals surface area contributed by atoms with Gasteiger partial charge in [0.05, 0.1) is 12.2 Å². The Morgan fingerprint density at radius 1 is 1.39 bits per heavy atom. The lowest BCUT2D eigenvalue weighted by atomic mass is 10.1. The number of Topliss-reactive ketones (excluding diaryl/α,β-unsaturated/α-hetero) is 1. The van der Waals surface area contributed by atoms with E-state index in [1.165, 1.54) is 6.92 Å². The van der Waals surface area contributed by atoms with E-state index in [2.05, 4.69) is 0 Å². The molecule has 0 atom stereocenters. The van der Waals surface area contributed by atoms with Gasteiger partial charge in [0.1, 0.15) is 5.75 Å². The quantitative estimate of drug-likeness (QED) is 0.605. The van der Waals surface area contributed by atoms with Gasteiger partial charge in [0.2, 0.25) is 0 Å². The lowest BCUT2D eigenvalue weighted by molar-refractivity contribution is -0.0329. The predicted molar refractivity (Wildman–Crippen MR) is 65.2 cm³/mol. The SMILES string of the molecule is CC(=O)c1cc(C)ccc1OCCSC(F)(F)F. The van der Waals surface area contributed by atoms with Gasteiger partial charge in [0, 0.05) is 5.75 Å². The third kappa shape index (κ3) is 5.00. The molecule has 6 heteroatoms. The van der Waals surface area contributed by atoms with Gasteiger partial charge >= 0.3 is 5.51 Å². The number of halogens is 3. The van der Waals surface area contributed by atoms with Crippen LogP contribution in [0.4, 0.5) is 13.2 Å². The first-order valence-electron chi connectivity index (χ1n) is 5.24. The number of hydrogen-bond donors (Lipinski definition) is 0. The van der Waals surface area contributed by atoms with Crippen molar-refractivity contribution in [3.8, 4) is 5.75 Å². The van der Waals surface area contributed by atoms with Gasteiger partial charge in [-0.05, 0) is 37.7 Å². The fraction of sp³-hybridized carbons (Fsp3) is 0.417. The molecule has 0 spiro atoms. The molecule has 100 valence electrons. The van der Waals surface area contributed by atoms with Crippen molar-refractivity contribution in [1.29, 1.82) is 0 Å². The summed E-state index contributed by atoms with van der Waals surface area (Å²) in [6.45, 7) is 3.13. The summed E-state index contributed by atoms with van der Waals surface area (Å²) in [5, 5.41) is 0. The van der Waals surface area contributed by atoms with E-state index in [1.807, 2.05) is 6.92 Å². The van der Waals surface area contributed by atoms with Crippen LogP contribution in [0.5, 0.6) is 5.75 Å². The zero-order chi connectivity index (χ0) is 13.8. The maximum Gasteiger partial charge on any atom is 0.441 e. The second kappa shape index (κ2) is 6.13. The number of rotatable bonds is 5. The van der Waals surface area contributed by atoms with Crippen LogP contribution >= 0.6 is 11.8 Å². The van der Waals surface area contributed by atoms with Crippen molar-refractivity contribution in [2.75, 3.05) is 12.4 Å². The fourth-order valence-corrected chi connectivity index (χ4v) is 1.75. The third-order valence-electron chi connectivity index (χ3n) is 2.12. The molecule has 0 amide bonds. The van der Waals surface area contributed by atoms with Gasteiger partial charge < -0.3 is 4.74 Å². The molecule has 0 fully saturated rings. The summed E-state index contributed by atoms with van der Waals surface area (Å²) in [5.74, 6) is -0.0395. The average Bonchev–Trinajstić information content (AvgIpc) is 2.24. The van der Waals surface area contributed by atoms with Crippen LogP contribution in [0, 0.1) is 6.92 Å². The number of alkyl halides is 3. The number of carbonyl (C=O) groups is 1. The normalized spacial score (nSPS) is 11.4. The number of hydrogen-bond acceptors (Lipinski definition) is 3. The zero-order valence-corrected chi connectivity index (χ0v) is 10.8. The summed E-state index contributed by atoms with van der Waals surface area (Å²) in [7, 11) is 0. The minimum atomic E-state index is -4.25. The predicted octanol–water partition coefficient (Wildman–Crippen LogP) is 3.83. The van der Waals surface area contributed by atoms with Crippen molar-refractivity contribution in [1.82, 2.24) is 0 Å². The number of carbonyl (C=O) groups excluding carboxylic acids is 1. The standard InChI is InChI=1S/C12H13F3O2S/c1-8-3-4-11(10(7-8)9(2)16)17-5-6-18-12(13,14)15/h3-4,7H,5-6H2,1-2H3. The molecular formula is C12H13F3O2S. The number of ketones is 1. The largest absolute Gasteiger partial charge is 0.492 e. The molecule has 0 saturated heterocycles. The van der Waals surface area contributed by atoms with E-state index in [1.54, 1.807) is 18.2 Å². The Bertz CT molecular complexity index is 430. The summed E-state index contributed by atoms with van der Waals surface area (Å²) < 4.78 is 40.9. The molecule has 0 radical (unpaired) electrons. The van der Waals surface area contributed by atoms with E-state index in [-0.39, 0.29) is 29.9 Å². The van der Waals surface area contributed by atoms with Gasteiger partial charge in [-0.2, -0.15) is 13.2 Å². The Hall–Kier alpha value is -1.17. The van der Waals surface area contributed by atoms with Crippen LogP contribution in [0.1, 0.15) is 22.8 Å². The lowest BCUT2D eigenvalue weighted by Gasteiger charge is -2.11. The third-order valence-corrected chi connectivity index (χ3v) is 2.82. The lowest BCUT2D eigenvalue weighted by Crippen LogP contribution is -2.09. The van der Waals surface area contributed by atoms with Crippen molar-refractivity contribution in [3.63, 3.8) is 0 Å². The van der Waals surface area contributed by atoms with Crippen LogP contribution < -0.4 is 4.74 Å². The minimum absolute atomic E-state index is 0.0898. The van der Waals surface area contributed by atoms with Crippen LogP contribution in [0.15, 0.2) is 18.2 Å². The van der Waals surface area contributed by atoms with Crippen LogP contribution in [0.25, 0.3) is 0 Å². The molecule has 0 saturated carbocycles. The van der Waals surface area contributed by atoms with Crippen LogP contribution in [-0.2, 0) is 0 Å². The molecular weight excluding hydrogens is 265 g/mol. The Kier molecular flexibility index (Phi) is 5.07. The fourth-order valence-electron chi connectivity index (χ4n) is 1.35. The highest BCUT2D eigenvalue weighted by Crippen LogP contribution is 2.30. The molecule has 0 aliphatic carbocycles. The Labute approximate surface area is 108 Å². The van der Waals surface area contributed by atoms with Crippen molar-refractivity contribution in [2.45, 2.75) is 19.4 Å². The minimum Gasteiger partial charge on any atom is -0.492 e. The molecule has 0 N–H and O–H groups in total. The first-order valence-corrected chi connectivity index (χ1v) is 6.23. The summed E-state index contributed by atoms with van der Waals surface area (Å²) in [6, 6.07) is 5.01. The molecule has 0 aliphatic rings. The van der Waals surface area contributed by atoms with Gasteiger partial charge in [-0.25, -0.2) is 0 Å². The van der Waals surface area contributed by atoms with E-state index in [0.717, 1.165) is 5.56 Å². The van der Waals surface area contributed by atoms with Crippen LogP contribution in [-0.4, -0.2) is 23.7 Å². The molecule has 0 heterocycles. The first-order chi connectivity index (χ1) is 8.29. The zero-order valence-electron chi connectivity index (χ0n) is 10.0. The van der Waals surface area contributed by atoms with Crippen LogP contribution in [0.3, 0.4) is 0 Å². The van der Waals surface area contributed by atoms with E-state index < -0.39 is 5.51 Å². The van der Waals surface area contributed by atoms with Gasteiger partial charge in [-0.3, -0.25) is 4.79 Å². The second-order valence-corrected chi connectivity index (χ2v) is 4.86. The van der Waals surface area contributed by atoms with Crippen molar-refractivity contribution in [2.24, 2.45) is 0 Å². The summed E-state index contributed by atoms with van der Waals surface area (Å²) in [4.78, 5) is 11.3. The maximum atomic E-state index is 11.9. The number of thioether (sulfide) groups is 1. The highest BCUT2D eigenvalue weighted by molar-refractivity contribution is 8.00. The molecule has 2 nitrogen and oxygen atoms in total. The van der Waals surface area contributed by atoms with Crippen LogP contribution in [0.2, 0.25) is 0 Å². The van der Waals surface area contributed by atoms with Gasteiger partial charge in [-0.1, -0.05) is 11.6 Å². The molecule has 0 aliphatic heterocycles. The molecule has 1 rings (SSSR count). The van der Waals surface area contributed by atoms with E-state index >= 15 is 0 Å². The maximum absolute atomic E-state index is 11.9. The second-order valence-electron chi connectivity index (χ2n) is 3.70. The molecule has 18 heavy (non-hydrogen) atoms. The molecule has 1 aromatic rings. The highest BCUT2D eigenvalue weighted by atomic mass is 32.2. The molecule has 0 bridgehead atoms. The van der Waals surface area contributed by atoms with Crippen molar-refractivity contribution < 1.29 is 22.7 Å². The van der Waals surface area contributed by atoms with Crippen molar-refractivity contribution >= 4 is 17.5 Å². The van der Waals surface area contributed by atoms with Gasteiger partial charge in [0.25, 0.3) is 0 Å². The summed E-state index contributed by atoms with van der Waals surface area (Å²) >= 11 is -0.140. The average molecular weight is 278 g/mol. The molecule has 0 unspecified atom stereocenters. The number of ether oxygens (including phenoxy) is 1. The van der Waals surface area contributed by atoms with Crippen molar-refractivity contribution in [3.05, 3.63) is 29.3 Å².